The van der Waals surface area contributed by atoms with Gasteiger partial charge >= 0.3 is 30.7 Å². The summed E-state index contributed by atoms with van der Waals surface area (Å²) < 4.78 is 120. The average Bonchev–Trinajstić information content (AvgIpc) is 3.27. The van der Waals surface area contributed by atoms with Crippen LogP contribution in [-0.4, -0.2) is 73.6 Å². The van der Waals surface area contributed by atoms with Crippen molar-refractivity contribution in [1.29, 1.82) is 0 Å². The largest absolute Gasteiger partial charge is 0.466 e. The predicted octanol–water partition coefficient (Wildman–Crippen LogP) is 5.05. The van der Waals surface area contributed by atoms with E-state index >= 15 is 0 Å². The third-order valence-electron chi connectivity index (χ3n) is 5.79. The number of alkyl halides is 9. The first-order valence-corrected chi connectivity index (χ1v) is 10.4. The van der Waals surface area contributed by atoms with E-state index in [1.807, 2.05) is 4.90 Å². The second-order valence-electron chi connectivity index (χ2n) is 8.11. The predicted molar refractivity (Wildman–Crippen MR) is 102 cm³/mol. The van der Waals surface area contributed by atoms with Gasteiger partial charge in [0.1, 0.15) is 0 Å². The molecule has 1 atom stereocenters. The lowest BCUT2D eigenvalue weighted by atomic mass is 10.1. The molecule has 0 bridgehead atoms. The van der Waals surface area contributed by atoms with Crippen LogP contribution >= 0.6 is 0 Å². The Bertz CT molecular complexity index is 864. The smallest absolute Gasteiger partial charge is 0.398 e. The van der Waals surface area contributed by atoms with Crippen LogP contribution in [0, 0.1) is 0 Å². The Labute approximate surface area is 189 Å². The highest BCUT2D eigenvalue weighted by atomic mass is 19.4. The van der Waals surface area contributed by atoms with E-state index in [1.165, 1.54) is 6.07 Å². The maximum atomic E-state index is 13.7. The molecular formula is C20H22F9N3O2. The van der Waals surface area contributed by atoms with E-state index in [-0.39, 0.29) is 32.7 Å². The molecule has 2 aliphatic rings. The zero-order valence-electron chi connectivity index (χ0n) is 17.7. The van der Waals surface area contributed by atoms with Gasteiger partial charge in [0, 0.05) is 51.5 Å². The Kier molecular flexibility index (Phi) is 7.48. The number of hydrogen-bond donors (Lipinski definition) is 0. The van der Waals surface area contributed by atoms with E-state index in [0.29, 0.717) is 29.2 Å². The van der Waals surface area contributed by atoms with Crippen LogP contribution in [0.3, 0.4) is 0 Å². The van der Waals surface area contributed by atoms with Crippen molar-refractivity contribution in [3.63, 3.8) is 0 Å². The van der Waals surface area contributed by atoms with Gasteiger partial charge in [0.2, 0.25) is 0 Å². The van der Waals surface area contributed by atoms with Gasteiger partial charge in [-0.15, -0.1) is 0 Å². The number of halogens is 9. The molecule has 1 aromatic rings. The van der Waals surface area contributed by atoms with Gasteiger partial charge < -0.3 is 14.5 Å². The van der Waals surface area contributed by atoms with Crippen molar-refractivity contribution in [3.8, 4) is 0 Å². The molecule has 0 aromatic heterocycles. The molecule has 0 radical (unpaired) electrons. The fourth-order valence-electron chi connectivity index (χ4n) is 3.87. The Hall–Kier alpha value is -2.38. The van der Waals surface area contributed by atoms with Crippen molar-refractivity contribution >= 4 is 11.8 Å². The Morgan fingerprint density at radius 3 is 2.00 bits per heavy atom. The van der Waals surface area contributed by atoms with E-state index in [9.17, 15) is 44.3 Å². The number of ether oxygens (including phenoxy) is 1. The van der Waals surface area contributed by atoms with Crippen LogP contribution in [0.5, 0.6) is 0 Å². The number of anilines is 1. The molecule has 0 N–H and O–H groups in total. The Morgan fingerprint density at radius 1 is 0.912 bits per heavy atom. The number of amides is 1. The van der Waals surface area contributed by atoms with Crippen molar-refractivity contribution < 1.29 is 49.0 Å². The number of nitrogens with zero attached hydrogens (tertiary/aromatic N) is 3. The lowest BCUT2D eigenvalue weighted by Gasteiger charge is -2.36. The van der Waals surface area contributed by atoms with Crippen LogP contribution in [0.25, 0.3) is 0 Å². The molecule has 3 rings (SSSR count). The highest BCUT2D eigenvalue weighted by Gasteiger charge is 2.67. The fraction of sp³-hybridized carbons (Fsp3) is 0.650. The molecule has 1 aromatic carbocycles. The summed E-state index contributed by atoms with van der Waals surface area (Å²) in [6.45, 7) is 1.04. The van der Waals surface area contributed by atoms with Crippen molar-refractivity contribution in [2.24, 2.45) is 0 Å². The van der Waals surface area contributed by atoms with Crippen LogP contribution in [0.15, 0.2) is 18.2 Å². The molecule has 2 aliphatic heterocycles. The number of rotatable bonds is 5. The maximum Gasteiger partial charge on any atom is 0.466 e. The summed E-state index contributed by atoms with van der Waals surface area (Å²) in [5.74, 6) is -5.42. The van der Waals surface area contributed by atoms with E-state index in [1.54, 1.807) is 4.90 Å². The van der Waals surface area contributed by atoms with Crippen molar-refractivity contribution in [2.45, 2.75) is 44.0 Å². The highest BCUT2D eigenvalue weighted by molar-refractivity contribution is 5.68. The standard InChI is InChI=1S/C20H22F9N3O2/c21-16(22)18(23,20(27,28)29)34-17(33)32-9-7-30(8-10-32)12-13-3-4-14(19(24,25)26)11-15(13)31-5-1-2-6-31/h3-4,11,16H,1-2,5-10,12H2. The molecule has 0 aliphatic carbocycles. The second-order valence-corrected chi connectivity index (χ2v) is 8.11. The minimum Gasteiger partial charge on any atom is -0.398 e. The summed E-state index contributed by atoms with van der Waals surface area (Å²) in [6.07, 6.45) is -15.5. The molecule has 192 valence electrons. The minimum atomic E-state index is -6.12. The van der Waals surface area contributed by atoms with Crippen LogP contribution in [0.1, 0.15) is 24.0 Å². The van der Waals surface area contributed by atoms with E-state index in [2.05, 4.69) is 4.74 Å². The molecule has 1 amide bonds. The zero-order valence-corrected chi connectivity index (χ0v) is 17.7. The summed E-state index contributed by atoms with van der Waals surface area (Å²) >= 11 is 0. The molecule has 2 saturated heterocycles. The van der Waals surface area contributed by atoms with Gasteiger partial charge in [-0.3, -0.25) is 4.90 Å². The quantitative estimate of drug-likeness (QED) is 0.523. The monoisotopic (exact) mass is 507 g/mol. The van der Waals surface area contributed by atoms with Crippen molar-refractivity contribution in [2.75, 3.05) is 44.2 Å². The maximum absolute atomic E-state index is 13.7. The number of carbonyl (C=O) groups excluding carboxylic acids is 1. The van der Waals surface area contributed by atoms with Gasteiger partial charge in [0.05, 0.1) is 5.56 Å². The van der Waals surface area contributed by atoms with Gasteiger partial charge in [-0.1, -0.05) is 6.07 Å². The van der Waals surface area contributed by atoms with E-state index < -0.39 is 36.3 Å². The first kappa shape index (κ1) is 26.2. The molecule has 2 heterocycles. The molecule has 2 fully saturated rings. The van der Waals surface area contributed by atoms with Gasteiger partial charge in [-0.2, -0.15) is 30.7 Å². The summed E-state index contributed by atoms with van der Waals surface area (Å²) in [6, 6.07) is 3.40. The fourth-order valence-corrected chi connectivity index (χ4v) is 3.87. The molecule has 5 nitrogen and oxygen atoms in total. The number of hydrogen-bond acceptors (Lipinski definition) is 4. The lowest BCUT2D eigenvalue weighted by molar-refractivity contribution is -0.351. The van der Waals surface area contributed by atoms with Crippen molar-refractivity contribution in [3.05, 3.63) is 29.3 Å². The Balaban J connectivity index is 1.65. The molecule has 0 spiro atoms. The molecule has 34 heavy (non-hydrogen) atoms. The summed E-state index contributed by atoms with van der Waals surface area (Å²) in [5.41, 5.74) is 0.242. The summed E-state index contributed by atoms with van der Waals surface area (Å²) in [4.78, 5) is 16.2. The third-order valence-corrected chi connectivity index (χ3v) is 5.79. The SMILES string of the molecule is O=C(OC(F)(C(F)F)C(F)(F)F)N1CCN(Cc2ccc(C(F)(F)F)cc2N2CCCC2)CC1. The number of benzene rings is 1. The first-order chi connectivity index (χ1) is 15.7. The van der Waals surface area contributed by atoms with Gasteiger partial charge in [0.15, 0.2) is 0 Å². The normalized spacial score (nSPS) is 20.1. The Morgan fingerprint density at radius 2 is 1.50 bits per heavy atom. The first-order valence-electron chi connectivity index (χ1n) is 10.4. The number of carbonyl (C=O) groups is 1. The second kappa shape index (κ2) is 9.70. The average molecular weight is 507 g/mol. The van der Waals surface area contributed by atoms with Crippen molar-refractivity contribution in [1.82, 2.24) is 9.80 Å². The van der Waals surface area contributed by atoms with Gasteiger partial charge in [-0.05, 0) is 30.5 Å². The van der Waals surface area contributed by atoms with Crippen LogP contribution in [0.2, 0.25) is 0 Å². The summed E-state index contributed by atoms with van der Waals surface area (Å²) in [7, 11) is 0. The molecule has 0 saturated carbocycles. The van der Waals surface area contributed by atoms with E-state index in [0.717, 1.165) is 25.0 Å². The zero-order chi connectivity index (χ0) is 25.3. The minimum absolute atomic E-state index is 0.0650. The van der Waals surface area contributed by atoms with Crippen LogP contribution in [-0.2, 0) is 17.5 Å². The molecule has 14 heteroatoms. The van der Waals surface area contributed by atoms with Gasteiger partial charge in [0.25, 0.3) is 0 Å². The highest BCUT2D eigenvalue weighted by Crippen LogP contribution is 2.40. The third kappa shape index (κ3) is 5.63. The van der Waals surface area contributed by atoms with Gasteiger partial charge in [-0.25, -0.2) is 13.6 Å². The van der Waals surface area contributed by atoms with Crippen LogP contribution in [0.4, 0.5) is 50.0 Å². The van der Waals surface area contributed by atoms with E-state index in [4.69, 9.17) is 0 Å². The molecular weight excluding hydrogens is 485 g/mol. The lowest BCUT2D eigenvalue weighted by Crippen LogP contribution is -2.55. The topological polar surface area (TPSA) is 36.0 Å². The molecule has 1 unspecified atom stereocenters. The number of piperazine rings is 1. The van der Waals surface area contributed by atoms with Crippen LogP contribution < -0.4 is 4.90 Å². The summed E-state index contributed by atoms with van der Waals surface area (Å²) in [5, 5.41) is 0.